The Hall–Kier alpha value is -2.38. The molecular weight excluding hydrogens is 292 g/mol. The first-order valence-electron chi connectivity index (χ1n) is 6.81. The van der Waals surface area contributed by atoms with E-state index in [9.17, 15) is 19.8 Å². The summed E-state index contributed by atoms with van der Waals surface area (Å²) in [6.45, 7) is 8.55. The Labute approximate surface area is 128 Å². The van der Waals surface area contributed by atoms with E-state index in [2.05, 4.69) is 10.3 Å². The number of aromatic hydroxyl groups is 2. The molecule has 1 rings (SSSR count). The van der Waals surface area contributed by atoms with Crippen LogP contribution in [0, 0.1) is 5.92 Å². The summed E-state index contributed by atoms with van der Waals surface area (Å²) in [6, 6.07) is 0.0873. The molecule has 0 aliphatic carbocycles. The molecule has 0 aromatic carbocycles. The van der Waals surface area contributed by atoms with E-state index < -0.39 is 29.6 Å². The molecule has 4 N–H and O–H groups in total. The van der Waals surface area contributed by atoms with E-state index in [1.54, 1.807) is 34.6 Å². The molecule has 1 aromatic heterocycles. The molecule has 1 atom stereocenters. The van der Waals surface area contributed by atoms with E-state index in [4.69, 9.17) is 9.47 Å². The van der Waals surface area contributed by atoms with Gasteiger partial charge in [0.15, 0.2) is 11.6 Å². The molecule has 1 heterocycles. The minimum Gasteiger partial charge on any atom is -0.494 e. The highest BCUT2D eigenvalue weighted by atomic mass is 16.6. The van der Waals surface area contributed by atoms with Gasteiger partial charge < -0.3 is 25.0 Å². The van der Waals surface area contributed by atoms with E-state index in [1.807, 2.05) is 0 Å². The quantitative estimate of drug-likeness (QED) is 0.630. The Balaban J connectivity index is 2.76. The predicted octanol–water partition coefficient (Wildman–Crippen LogP) is 1.88. The maximum Gasteiger partial charge on any atom is 0.408 e. The lowest BCUT2D eigenvalue weighted by molar-refractivity contribution is -0.138. The number of nitrogens with one attached hydrogen (secondary N) is 2. The molecule has 0 unspecified atom stereocenters. The van der Waals surface area contributed by atoms with Crippen molar-refractivity contribution in [1.29, 1.82) is 0 Å². The zero-order valence-electron chi connectivity index (χ0n) is 13.3. The van der Waals surface area contributed by atoms with Crippen LogP contribution in [0.4, 0.5) is 4.79 Å². The number of hydrogen-bond donors (Lipinski definition) is 4. The van der Waals surface area contributed by atoms with Gasteiger partial charge in [-0.05, 0) is 26.7 Å². The lowest BCUT2D eigenvalue weighted by Gasteiger charge is -2.24. The zero-order chi connectivity index (χ0) is 17.1. The summed E-state index contributed by atoms with van der Waals surface area (Å²) in [5.74, 6) is -2.10. The van der Waals surface area contributed by atoms with E-state index in [0.29, 0.717) is 0 Å². The highest BCUT2D eigenvalue weighted by molar-refractivity contribution is 5.83. The van der Waals surface area contributed by atoms with Gasteiger partial charge in [0.25, 0.3) is 0 Å². The number of hydrogen-bond acceptors (Lipinski definition) is 6. The molecule has 0 aliphatic heterocycles. The third-order valence-corrected chi connectivity index (χ3v) is 2.55. The topological polar surface area (TPSA) is 121 Å². The summed E-state index contributed by atoms with van der Waals surface area (Å²) in [5, 5.41) is 21.0. The number of ether oxygens (including phenoxy) is 2. The predicted molar refractivity (Wildman–Crippen MR) is 77.8 cm³/mol. The smallest absolute Gasteiger partial charge is 0.408 e. The van der Waals surface area contributed by atoms with Crippen molar-refractivity contribution in [2.24, 2.45) is 5.92 Å². The van der Waals surface area contributed by atoms with Gasteiger partial charge in [-0.2, -0.15) is 0 Å². The fourth-order valence-electron chi connectivity index (χ4n) is 1.59. The second-order valence-corrected chi connectivity index (χ2v) is 6.16. The van der Waals surface area contributed by atoms with Gasteiger partial charge in [0.1, 0.15) is 11.6 Å². The minimum absolute atomic E-state index is 0.223. The highest BCUT2D eigenvalue weighted by Gasteiger charge is 2.29. The monoisotopic (exact) mass is 314 g/mol. The zero-order valence-corrected chi connectivity index (χ0v) is 13.3. The Kier molecular flexibility index (Phi) is 5.29. The van der Waals surface area contributed by atoms with Gasteiger partial charge in [-0.1, -0.05) is 13.8 Å². The van der Waals surface area contributed by atoms with Gasteiger partial charge in [0.05, 0.1) is 0 Å². The Morgan fingerprint density at radius 3 is 2.27 bits per heavy atom. The first-order chi connectivity index (χ1) is 9.99. The van der Waals surface area contributed by atoms with Crippen LogP contribution in [-0.2, 0) is 9.53 Å². The SMILES string of the molecule is CC(C)[C@H](NC(=O)OC(C)(C)C)C(=O)Oc1cc(O)[nH]c1O. The summed E-state index contributed by atoms with van der Waals surface area (Å²) in [7, 11) is 0. The van der Waals surface area contributed by atoms with Crippen LogP contribution in [0.25, 0.3) is 0 Å². The van der Waals surface area contributed by atoms with Crippen molar-refractivity contribution in [3.05, 3.63) is 6.07 Å². The molecule has 8 nitrogen and oxygen atoms in total. The average molecular weight is 314 g/mol. The summed E-state index contributed by atoms with van der Waals surface area (Å²) in [5.41, 5.74) is -0.694. The normalized spacial score (nSPS) is 12.8. The minimum atomic E-state index is -0.966. The summed E-state index contributed by atoms with van der Waals surface area (Å²) >= 11 is 0. The standard InChI is InChI=1S/C14H22N2O6/c1-7(2)10(16-13(20)22-14(3,4)5)12(19)21-8-6-9(17)15-11(8)18/h6-7,10,15,17-18H,1-5H3,(H,16,20)/t10-/m0/s1. The third-order valence-electron chi connectivity index (χ3n) is 2.55. The molecule has 0 fully saturated rings. The van der Waals surface area contributed by atoms with E-state index in [1.165, 1.54) is 0 Å². The molecule has 0 radical (unpaired) electrons. The fourth-order valence-corrected chi connectivity index (χ4v) is 1.59. The Bertz CT molecular complexity index is 544. The summed E-state index contributed by atoms with van der Waals surface area (Å²) in [6.07, 6.45) is -0.746. The molecular formula is C14H22N2O6. The number of aromatic nitrogens is 1. The Morgan fingerprint density at radius 2 is 1.86 bits per heavy atom. The number of H-pyrrole nitrogens is 1. The van der Waals surface area contributed by atoms with Crippen LogP contribution in [0.1, 0.15) is 34.6 Å². The van der Waals surface area contributed by atoms with Crippen molar-refractivity contribution < 1.29 is 29.3 Å². The van der Waals surface area contributed by atoms with Crippen LogP contribution >= 0.6 is 0 Å². The molecule has 0 bridgehead atoms. The molecule has 124 valence electrons. The van der Waals surface area contributed by atoms with Crippen LogP contribution < -0.4 is 10.1 Å². The van der Waals surface area contributed by atoms with E-state index in [0.717, 1.165) is 6.07 Å². The van der Waals surface area contributed by atoms with Crippen molar-refractivity contribution in [2.45, 2.75) is 46.3 Å². The lowest BCUT2D eigenvalue weighted by Crippen LogP contribution is -2.48. The van der Waals surface area contributed by atoms with Gasteiger partial charge in [-0.15, -0.1) is 0 Å². The maximum atomic E-state index is 12.1. The number of alkyl carbamates (subject to hydrolysis) is 1. The van der Waals surface area contributed by atoms with E-state index in [-0.39, 0.29) is 17.5 Å². The molecule has 1 aromatic rings. The van der Waals surface area contributed by atoms with Crippen molar-refractivity contribution in [1.82, 2.24) is 10.3 Å². The largest absolute Gasteiger partial charge is 0.494 e. The van der Waals surface area contributed by atoms with Crippen LogP contribution in [0.15, 0.2) is 6.07 Å². The lowest BCUT2D eigenvalue weighted by atomic mass is 10.1. The number of amides is 1. The van der Waals surface area contributed by atoms with Crippen LogP contribution in [-0.4, -0.2) is 38.9 Å². The summed E-state index contributed by atoms with van der Waals surface area (Å²) in [4.78, 5) is 26.1. The number of rotatable bonds is 4. The van der Waals surface area contributed by atoms with Gasteiger partial charge in [0, 0.05) is 6.07 Å². The molecule has 8 heteroatoms. The molecule has 1 amide bonds. The first-order valence-corrected chi connectivity index (χ1v) is 6.81. The highest BCUT2D eigenvalue weighted by Crippen LogP contribution is 2.30. The average Bonchev–Trinajstić information content (AvgIpc) is 2.62. The molecule has 0 saturated carbocycles. The van der Waals surface area contributed by atoms with Gasteiger partial charge in [0.2, 0.25) is 5.88 Å². The maximum absolute atomic E-state index is 12.1. The Morgan fingerprint density at radius 1 is 1.27 bits per heavy atom. The van der Waals surface area contributed by atoms with Crippen molar-refractivity contribution >= 4 is 12.1 Å². The van der Waals surface area contributed by atoms with Crippen molar-refractivity contribution in [2.75, 3.05) is 0 Å². The van der Waals surface area contributed by atoms with Crippen LogP contribution in [0.3, 0.4) is 0 Å². The summed E-state index contributed by atoms with van der Waals surface area (Å²) < 4.78 is 10.1. The number of carbonyl (C=O) groups excluding carboxylic acids is 2. The second-order valence-electron chi connectivity index (χ2n) is 6.16. The van der Waals surface area contributed by atoms with Gasteiger partial charge >= 0.3 is 12.1 Å². The number of esters is 1. The second kappa shape index (κ2) is 6.59. The van der Waals surface area contributed by atoms with Crippen molar-refractivity contribution in [3.63, 3.8) is 0 Å². The van der Waals surface area contributed by atoms with Crippen molar-refractivity contribution in [3.8, 4) is 17.5 Å². The molecule has 0 spiro atoms. The fraction of sp³-hybridized carbons (Fsp3) is 0.571. The third kappa shape index (κ3) is 5.19. The number of aromatic amines is 1. The van der Waals surface area contributed by atoms with Crippen LogP contribution in [0.5, 0.6) is 17.5 Å². The molecule has 22 heavy (non-hydrogen) atoms. The van der Waals surface area contributed by atoms with Gasteiger partial charge in [-0.25, -0.2) is 9.59 Å². The number of carbonyl (C=O) groups is 2. The van der Waals surface area contributed by atoms with Gasteiger partial charge in [-0.3, -0.25) is 4.98 Å². The molecule has 0 saturated heterocycles. The van der Waals surface area contributed by atoms with Crippen LogP contribution in [0.2, 0.25) is 0 Å². The first kappa shape index (κ1) is 17.7. The van der Waals surface area contributed by atoms with E-state index >= 15 is 0 Å². The molecule has 0 aliphatic rings.